The van der Waals surface area contributed by atoms with Crippen LogP contribution in [0.4, 0.5) is 8.78 Å². The number of carbonyl (C=O) groups is 1. The van der Waals surface area contributed by atoms with Gasteiger partial charge in [0.05, 0.1) is 22.3 Å². The zero-order valence-electron chi connectivity index (χ0n) is 15.8. The molecular formula is C21H15Cl2F2NO4. The molecule has 30 heavy (non-hydrogen) atoms. The molecule has 1 aromatic heterocycles. The average Bonchev–Trinajstić information content (AvgIpc) is 2.67. The average molecular weight is 454 g/mol. The highest BCUT2D eigenvalue weighted by molar-refractivity contribution is 6.42. The van der Waals surface area contributed by atoms with E-state index in [0.717, 1.165) is 16.7 Å². The lowest BCUT2D eigenvalue weighted by Crippen LogP contribution is -2.30. The van der Waals surface area contributed by atoms with Gasteiger partial charge in [-0.3, -0.25) is 9.36 Å². The molecule has 3 rings (SSSR count). The van der Waals surface area contributed by atoms with Crippen molar-refractivity contribution in [1.29, 1.82) is 0 Å². The highest BCUT2D eigenvalue weighted by Gasteiger charge is 2.27. The molecule has 0 unspecified atom stereocenters. The third-order valence-corrected chi connectivity index (χ3v) is 5.34. The van der Waals surface area contributed by atoms with Crippen LogP contribution in [0.15, 0.2) is 41.2 Å². The number of ether oxygens (including phenoxy) is 1. The summed E-state index contributed by atoms with van der Waals surface area (Å²) < 4.78 is 33.9. The normalized spacial score (nSPS) is 11.0. The predicted molar refractivity (Wildman–Crippen MR) is 110 cm³/mol. The summed E-state index contributed by atoms with van der Waals surface area (Å²) in [6.45, 7) is 1.44. The number of benzene rings is 2. The van der Waals surface area contributed by atoms with Gasteiger partial charge in [-0.2, -0.15) is 0 Å². The number of pyridine rings is 1. The molecule has 0 radical (unpaired) electrons. The highest BCUT2D eigenvalue weighted by atomic mass is 35.5. The van der Waals surface area contributed by atoms with Crippen molar-refractivity contribution in [3.63, 3.8) is 0 Å². The van der Waals surface area contributed by atoms with E-state index < -0.39 is 28.7 Å². The maximum Gasteiger partial charge on any atom is 0.342 e. The van der Waals surface area contributed by atoms with E-state index in [-0.39, 0.29) is 33.6 Å². The largest absolute Gasteiger partial charge is 0.477 e. The van der Waals surface area contributed by atoms with E-state index in [4.69, 9.17) is 27.9 Å². The molecule has 156 valence electrons. The summed E-state index contributed by atoms with van der Waals surface area (Å²) in [4.78, 5) is 25.3. The summed E-state index contributed by atoms with van der Waals surface area (Å²) in [6, 6.07) is 7.10. The molecule has 0 saturated heterocycles. The van der Waals surface area contributed by atoms with E-state index in [0.29, 0.717) is 17.2 Å². The molecule has 0 bridgehead atoms. The first-order chi connectivity index (χ1) is 14.2. The number of hydrogen-bond acceptors (Lipinski definition) is 3. The minimum Gasteiger partial charge on any atom is -0.477 e. The monoisotopic (exact) mass is 453 g/mol. The minimum atomic E-state index is -1.52. The van der Waals surface area contributed by atoms with E-state index in [1.54, 1.807) is 0 Å². The van der Waals surface area contributed by atoms with Gasteiger partial charge in [-0.05, 0) is 36.8 Å². The molecule has 0 aliphatic heterocycles. The molecule has 0 aliphatic carbocycles. The summed E-state index contributed by atoms with van der Waals surface area (Å²) in [5, 5.41) is 10.3. The van der Waals surface area contributed by atoms with Crippen molar-refractivity contribution in [1.82, 2.24) is 4.57 Å². The van der Waals surface area contributed by atoms with Gasteiger partial charge in [0.25, 0.3) is 5.56 Å². The summed E-state index contributed by atoms with van der Waals surface area (Å²) in [7, 11) is 1.40. The summed E-state index contributed by atoms with van der Waals surface area (Å²) in [5.41, 5.74) is -0.874. The van der Waals surface area contributed by atoms with Crippen LogP contribution in [-0.2, 0) is 11.3 Å². The number of hydrogen-bond donors (Lipinski definition) is 1. The van der Waals surface area contributed by atoms with Gasteiger partial charge in [0.2, 0.25) is 0 Å². The third-order valence-electron chi connectivity index (χ3n) is 4.60. The quantitative estimate of drug-likeness (QED) is 0.573. The second kappa shape index (κ2) is 8.55. The number of aromatic nitrogens is 1. The number of carboxylic acids is 1. The summed E-state index contributed by atoms with van der Waals surface area (Å²) in [5.74, 6) is -3.36. The molecule has 1 N–H and O–H groups in total. The fraction of sp³-hybridized carbons (Fsp3) is 0.143. The van der Waals surface area contributed by atoms with Crippen LogP contribution in [0.25, 0.3) is 16.8 Å². The molecule has 0 saturated carbocycles. The number of halogens is 4. The maximum atomic E-state index is 14.5. The molecule has 0 fully saturated rings. The minimum absolute atomic E-state index is 0.0786. The van der Waals surface area contributed by atoms with Gasteiger partial charge >= 0.3 is 5.97 Å². The van der Waals surface area contributed by atoms with E-state index >= 15 is 0 Å². The van der Waals surface area contributed by atoms with Crippen molar-refractivity contribution >= 4 is 29.2 Å². The molecule has 0 amide bonds. The van der Waals surface area contributed by atoms with Gasteiger partial charge in [0, 0.05) is 30.0 Å². The van der Waals surface area contributed by atoms with Crippen LogP contribution in [0, 0.1) is 18.6 Å². The Kier molecular flexibility index (Phi) is 6.26. The van der Waals surface area contributed by atoms with E-state index in [2.05, 4.69) is 0 Å². The number of nitrogens with zero attached hydrogens (tertiary/aromatic N) is 1. The summed E-state index contributed by atoms with van der Waals surface area (Å²) >= 11 is 12.0. The van der Waals surface area contributed by atoms with Crippen LogP contribution in [0.1, 0.15) is 21.6 Å². The molecule has 3 aromatic rings. The Morgan fingerprint density at radius 1 is 1.13 bits per heavy atom. The fourth-order valence-electron chi connectivity index (χ4n) is 3.28. The van der Waals surface area contributed by atoms with Gasteiger partial charge in [0.15, 0.2) is 0 Å². The zero-order chi connectivity index (χ0) is 22.2. The van der Waals surface area contributed by atoms with E-state index in [1.807, 2.05) is 0 Å². The van der Waals surface area contributed by atoms with Crippen LogP contribution in [0.2, 0.25) is 10.0 Å². The second-order valence-electron chi connectivity index (χ2n) is 6.42. The number of carboxylic acid groups (broad SMARTS) is 1. The van der Waals surface area contributed by atoms with E-state index in [1.165, 1.54) is 32.2 Å². The van der Waals surface area contributed by atoms with Crippen LogP contribution >= 0.6 is 23.2 Å². The Balaban J connectivity index is 2.48. The van der Waals surface area contributed by atoms with Crippen molar-refractivity contribution in [3.05, 3.63) is 85.3 Å². The molecular weight excluding hydrogens is 439 g/mol. The molecule has 9 heteroatoms. The molecule has 1 heterocycles. The van der Waals surface area contributed by atoms with E-state index in [9.17, 15) is 23.5 Å². The van der Waals surface area contributed by atoms with Crippen LogP contribution in [-0.4, -0.2) is 22.8 Å². The Labute approximate surface area is 180 Å². The lowest BCUT2D eigenvalue weighted by atomic mass is 9.94. The Hall–Kier alpha value is -2.74. The van der Waals surface area contributed by atoms with Crippen molar-refractivity contribution < 1.29 is 23.4 Å². The smallest absolute Gasteiger partial charge is 0.342 e. The van der Waals surface area contributed by atoms with Crippen LogP contribution < -0.4 is 5.56 Å². The first kappa shape index (κ1) is 22.0. The van der Waals surface area contributed by atoms with Gasteiger partial charge < -0.3 is 9.84 Å². The second-order valence-corrected chi connectivity index (χ2v) is 7.23. The summed E-state index contributed by atoms with van der Waals surface area (Å²) in [6.07, 6.45) is 0. The number of methoxy groups -OCH3 is 1. The fourth-order valence-corrected chi connectivity index (χ4v) is 3.58. The topological polar surface area (TPSA) is 68.5 Å². The highest BCUT2D eigenvalue weighted by Crippen LogP contribution is 2.34. The van der Waals surface area contributed by atoms with Gasteiger partial charge in [0.1, 0.15) is 17.2 Å². The molecule has 5 nitrogen and oxygen atoms in total. The molecule has 0 spiro atoms. The maximum absolute atomic E-state index is 14.5. The Morgan fingerprint density at radius 2 is 1.83 bits per heavy atom. The van der Waals surface area contributed by atoms with Gasteiger partial charge in [-0.1, -0.05) is 29.3 Å². The molecule has 2 aromatic carbocycles. The third kappa shape index (κ3) is 3.84. The first-order valence-electron chi connectivity index (χ1n) is 8.59. The van der Waals surface area contributed by atoms with Crippen molar-refractivity contribution in [2.75, 3.05) is 7.11 Å². The van der Waals surface area contributed by atoms with Crippen molar-refractivity contribution in [2.24, 2.45) is 0 Å². The number of aromatic carboxylic acids is 1. The van der Waals surface area contributed by atoms with Gasteiger partial charge in [-0.25, -0.2) is 13.6 Å². The van der Waals surface area contributed by atoms with Crippen molar-refractivity contribution in [3.8, 4) is 16.8 Å². The Morgan fingerprint density at radius 3 is 2.40 bits per heavy atom. The van der Waals surface area contributed by atoms with Gasteiger partial charge in [-0.15, -0.1) is 0 Å². The standard InChI is InChI=1S/C21H15Cl2F2NO4/c1-10-13(9-30-2)18(11-3-5-14(22)15(23)7-11)19(21(28)29)20(27)26(10)17-6-4-12(24)8-16(17)25/h3-8H,9H2,1-2H3,(H,28,29). The van der Waals surface area contributed by atoms with Crippen LogP contribution in [0.5, 0.6) is 0 Å². The molecule has 0 aliphatic rings. The lowest BCUT2D eigenvalue weighted by molar-refractivity contribution is 0.0695. The zero-order valence-corrected chi connectivity index (χ0v) is 17.3. The Bertz CT molecular complexity index is 1220. The van der Waals surface area contributed by atoms with Crippen LogP contribution in [0.3, 0.4) is 0 Å². The first-order valence-corrected chi connectivity index (χ1v) is 9.34. The molecule has 0 atom stereocenters. The predicted octanol–water partition coefficient (Wildman–Crippen LogP) is 5.24. The SMILES string of the molecule is COCc1c(-c2ccc(Cl)c(Cl)c2)c(C(=O)O)c(=O)n(-c2ccc(F)cc2F)c1C. The van der Waals surface area contributed by atoms with Crippen molar-refractivity contribution in [2.45, 2.75) is 13.5 Å². The lowest BCUT2D eigenvalue weighted by Gasteiger charge is -2.21. The number of rotatable bonds is 5.